The summed E-state index contributed by atoms with van der Waals surface area (Å²) in [6.07, 6.45) is 1.56. The lowest BCUT2D eigenvalue weighted by atomic mass is 10.2. The zero-order chi connectivity index (χ0) is 15.8. The molecule has 3 N–H and O–H groups in total. The van der Waals surface area contributed by atoms with E-state index in [1.807, 2.05) is 0 Å². The van der Waals surface area contributed by atoms with E-state index in [0.717, 1.165) is 0 Å². The Morgan fingerprint density at radius 2 is 2.05 bits per heavy atom. The highest BCUT2D eigenvalue weighted by Crippen LogP contribution is 2.30. The van der Waals surface area contributed by atoms with Crippen LogP contribution in [-0.4, -0.2) is 18.2 Å². The zero-order valence-corrected chi connectivity index (χ0v) is 13.7. The molecule has 0 fully saturated rings. The van der Waals surface area contributed by atoms with Gasteiger partial charge in [-0.2, -0.15) is 5.10 Å². The molecule has 6 nitrogen and oxygen atoms in total. The lowest BCUT2D eigenvalue weighted by molar-refractivity contribution is 0.601. The summed E-state index contributed by atoms with van der Waals surface area (Å²) in [7, 11) is -2.19. The summed E-state index contributed by atoms with van der Waals surface area (Å²) in [6, 6.07) is 2.83. The van der Waals surface area contributed by atoms with Crippen molar-refractivity contribution in [2.75, 3.05) is 4.72 Å². The first-order chi connectivity index (χ1) is 9.74. The van der Waals surface area contributed by atoms with Crippen molar-refractivity contribution >= 4 is 38.9 Å². The molecular weight excluding hydrogens is 335 g/mol. The Labute approximate surface area is 132 Å². The summed E-state index contributed by atoms with van der Waals surface area (Å²) in [5.74, 6) is 0. The number of hydrogen-bond donors (Lipinski definition) is 2. The molecule has 1 aromatic heterocycles. The average molecular weight is 349 g/mol. The number of halogens is 2. The first-order valence-electron chi connectivity index (χ1n) is 5.95. The molecule has 2 rings (SSSR count). The van der Waals surface area contributed by atoms with Gasteiger partial charge in [0, 0.05) is 24.8 Å². The van der Waals surface area contributed by atoms with E-state index in [-0.39, 0.29) is 21.5 Å². The number of rotatable bonds is 4. The Hall–Kier alpha value is -1.28. The van der Waals surface area contributed by atoms with E-state index in [2.05, 4.69) is 9.82 Å². The summed E-state index contributed by atoms with van der Waals surface area (Å²) in [6.45, 7) is 1.79. The number of aromatic nitrogens is 2. The van der Waals surface area contributed by atoms with Crippen LogP contribution in [0.3, 0.4) is 0 Å². The van der Waals surface area contributed by atoms with E-state index in [0.29, 0.717) is 16.9 Å². The highest BCUT2D eigenvalue weighted by Gasteiger charge is 2.22. The Bertz CT molecular complexity index is 787. The monoisotopic (exact) mass is 348 g/mol. The number of hydrogen-bond acceptors (Lipinski definition) is 4. The number of benzene rings is 1. The van der Waals surface area contributed by atoms with Crippen molar-refractivity contribution in [3.8, 4) is 0 Å². The van der Waals surface area contributed by atoms with Crippen molar-refractivity contribution < 1.29 is 8.42 Å². The van der Waals surface area contributed by atoms with Crippen LogP contribution in [0.2, 0.25) is 10.0 Å². The second kappa shape index (κ2) is 5.84. The summed E-state index contributed by atoms with van der Waals surface area (Å²) < 4.78 is 28.9. The Balaban J connectivity index is 2.49. The van der Waals surface area contributed by atoms with Gasteiger partial charge in [-0.25, -0.2) is 8.42 Å². The lowest BCUT2D eigenvalue weighted by Crippen LogP contribution is -2.15. The van der Waals surface area contributed by atoms with Gasteiger partial charge < -0.3 is 5.73 Å². The number of anilines is 1. The van der Waals surface area contributed by atoms with E-state index in [4.69, 9.17) is 28.9 Å². The molecule has 21 heavy (non-hydrogen) atoms. The van der Waals surface area contributed by atoms with Gasteiger partial charge in [0.15, 0.2) is 0 Å². The normalized spacial score (nSPS) is 11.7. The minimum Gasteiger partial charge on any atom is -0.326 e. The molecule has 1 heterocycles. The maximum atomic E-state index is 12.5. The molecule has 2 aromatic rings. The molecular formula is C12H14Cl2N4O2S. The summed E-state index contributed by atoms with van der Waals surface area (Å²) in [4.78, 5) is -0.111. The van der Waals surface area contributed by atoms with Crippen LogP contribution >= 0.6 is 23.2 Å². The second-order valence-electron chi connectivity index (χ2n) is 4.49. The zero-order valence-electron chi connectivity index (χ0n) is 11.4. The first-order valence-corrected chi connectivity index (χ1v) is 8.19. The Morgan fingerprint density at radius 1 is 1.38 bits per heavy atom. The van der Waals surface area contributed by atoms with Crippen molar-refractivity contribution in [1.82, 2.24) is 9.78 Å². The smallest absolute Gasteiger partial charge is 0.263 e. The molecule has 0 spiro atoms. The molecule has 0 saturated carbocycles. The maximum absolute atomic E-state index is 12.5. The molecule has 0 bridgehead atoms. The number of aryl methyl sites for hydroxylation is 2. The van der Waals surface area contributed by atoms with Crippen LogP contribution in [0.25, 0.3) is 0 Å². The molecule has 9 heteroatoms. The minimum atomic E-state index is -3.88. The molecule has 0 atom stereocenters. The fourth-order valence-electron chi connectivity index (χ4n) is 1.86. The third kappa shape index (κ3) is 3.32. The molecule has 0 aliphatic rings. The van der Waals surface area contributed by atoms with Gasteiger partial charge in [-0.3, -0.25) is 9.40 Å². The molecule has 1 aromatic carbocycles. The summed E-state index contributed by atoms with van der Waals surface area (Å²) in [5, 5.41) is 4.39. The van der Waals surface area contributed by atoms with Crippen molar-refractivity contribution in [1.29, 1.82) is 0 Å². The summed E-state index contributed by atoms with van der Waals surface area (Å²) in [5.41, 5.74) is 6.94. The van der Waals surface area contributed by atoms with Crippen LogP contribution in [0.4, 0.5) is 5.69 Å². The molecule has 0 radical (unpaired) electrons. The highest BCUT2D eigenvalue weighted by atomic mass is 35.5. The number of nitrogens with zero attached hydrogens (tertiary/aromatic N) is 2. The SMILES string of the molecule is Cc1nn(C)cc1NS(=O)(=O)c1cc(Cl)cc(CN)c1Cl. The molecule has 0 saturated heterocycles. The largest absolute Gasteiger partial charge is 0.326 e. The van der Waals surface area contributed by atoms with Crippen LogP contribution < -0.4 is 10.5 Å². The van der Waals surface area contributed by atoms with Crippen LogP contribution in [0.5, 0.6) is 0 Å². The fourth-order valence-corrected chi connectivity index (χ4v) is 3.91. The number of sulfonamides is 1. The lowest BCUT2D eigenvalue weighted by Gasteiger charge is -2.11. The number of nitrogens with one attached hydrogen (secondary N) is 1. The second-order valence-corrected chi connectivity index (χ2v) is 6.95. The number of nitrogens with two attached hydrogens (primary N) is 1. The Morgan fingerprint density at radius 3 is 2.57 bits per heavy atom. The van der Waals surface area contributed by atoms with Gasteiger partial charge in [-0.05, 0) is 24.6 Å². The quantitative estimate of drug-likeness (QED) is 0.886. The third-order valence-electron chi connectivity index (χ3n) is 2.85. The predicted molar refractivity (Wildman–Crippen MR) is 83.1 cm³/mol. The molecule has 0 aliphatic heterocycles. The Kier molecular flexibility index (Phi) is 4.48. The molecule has 0 amide bonds. The first kappa shape index (κ1) is 16.1. The third-order valence-corrected chi connectivity index (χ3v) is 5.01. The van der Waals surface area contributed by atoms with Gasteiger partial charge in [0.05, 0.1) is 16.4 Å². The maximum Gasteiger partial charge on any atom is 0.263 e. The molecule has 0 unspecified atom stereocenters. The fraction of sp³-hybridized carbons (Fsp3) is 0.250. The van der Waals surface area contributed by atoms with E-state index in [1.165, 1.54) is 16.8 Å². The van der Waals surface area contributed by atoms with Crippen molar-refractivity contribution in [3.63, 3.8) is 0 Å². The topological polar surface area (TPSA) is 90.0 Å². The summed E-state index contributed by atoms with van der Waals surface area (Å²) >= 11 is 12.0. The van der Waals surface area contributed by atoms with E-state index >= 15 is 0 Å². The van der Waals surface area contributed by atoms with Crippen LogP contribution in [0, 0.1) is 6.92 Å². The van der Waals surface area contributed by atoms with Gasteiger partial charge in [-0.1, -0.05) is 23.2 Å². The standard InChI is InChI=1S/C12H14Cl2N4O2S/c1-7-10(6-18(2)16-7)17-21(19,20)11-4-9(13)3-8(5-15)12(11)14/h3-4,6,17H,5,15H2,1-2H3. The average Bonchev–Trinajstić information content (AvgIpc) is 2.69. The molecule has 0 aliphatic carbocycles. The minimum absolute atomic E-state index is 0.0657. The van der Waals surface area contributed by atoms with Crippen LogP contribution in [-0.2, 0) is 23.6 Å². The van der Waals surface area contributed by atoms with Gasteiger partial charge in [0.25, 0.3) is 10.0 Å². The van der Waals surface area contributed by atoms with Crippen molar-refractivity contribution in [2.24, 2.45) is 12.8 Å². The van der Waals surface area contributed by atoms with E-state index in [1.54, 1.807) is 20.2 Å². The van der Waals surface area contributed by atoms with E-state index in [9.17, 15) is 8.42 Å². The van der Waals surface area contributed by atoms with Crippen molar-refractivity contribution in [2.45, 2.75) is 18.4 Å². The van der Waals surface area contributed by atoms with Gasteiger partial charge >= 0.3 is 0 Å². The van der Waals surface area contributed by atoms with Gasteiger partial charge in [0.1, 0.15) is 4.90 Å². The predicted octanol–water partition coefficient (Wildman–Crippen LogP) is 2.29. The van der Waals surface area contributed by atoms with Crippen LogP contribution in [0.15, 0.2) is 23.2 Å². The molecule has 114 valence electrons. The van der Waals surface area contributed by atoms with Crippen molar-refractivity contribution in [3.05, 3.63) is 39.6 Å². The van der Waals surface area contributed by atoms with Gasteiger partial charge in [0.2, 0.25) is 0 Å². The highest BCUT2D eigenvalue weighted by molar-refractivity contribution is 7.92. The van der Waals surface area contributed by atoms with Gasteiger partial charge in [-0.15, -0.1) is 0 Å². The van der Waals surface area contributed by atoms with E-state index < -0.39 is 10.0 Å². The van der Waals surface area contributed by atoms with Crippen LogP contribution in [0.1, 0.15) is 11.3 Å².